The zero-order valence-electron chi connectivity index (χ0n) is 13.1. The van der Waals surface area contributed by atoms with Gasteiger partial charge in [0.25, 0.3) is 25.9 Å². The Balaban J connectivity index is 2.80. The van der Waals surface area contributed by atoms with E-state index in [4.69, 9.17) is 0 Å². The molecule has 0 radical (unpaired) electrons. The Morgan fingerprint density at radius 3 is 1.71 bits per heavy atom. The number of hydrogen-bond donors (Lipinski definition) is 0. The highest BCUT2D eigenvalue weighted by Gasteiger charge is 2.12. The number of non-ortho nitro benzene ring substituents is 1. The van der Waals surface area contributed by atoms with Crippen LogP contribution < -0.4 is 4.90 Å². The molecule has 12 heteroatoms. The normalized spacial score (nSPS) is 12.1. The van der Waals surface area contributed by atoms with Crippen LogP contribution in [0.25, 0.3) is 0 Å². The van der Waals surface area contributed by atoms with Crippen molar-refractivity contribution in [3.63, 3.8) is 0 Å². The van der Waals surface area contributed by atoms with Gasteiger partial charge in [0.05, 0.1) is 30.6 Å². The Bertz CT molecular complexity index is 721. The summed E-state index contributed by atoms with van der Waals surface area (Å²) in [4.78, 5) is 11.7. The number of nitro groups is 1. The summed E-state index contributed by atoms with van der Waals surface area (Å²) in [5.74, 6) is 0. The molecule has 0 atom stereocenters. The van der Waals surface area contributed by atoms with Crippen LogP contribution in [0.5, 0.6) is 0 Å². The summed E-state index contributed by atoms with van der Waals surface area (Å²) >= 11 is 0. The summed E-state index contributed by atoms with van der Waals surface area (Å²) in [6.07, 6.45) is 1.83. The first-order chi connectivity index (χ1) is 11.0. The lowest BCUT2D eigenvalue weighted by molar-refractivity contribution is -0.384. The minimum Gasteiger partial charge on any atom is -0.367 e. The molecular weight excluding hydrogens is 364 g/mol. The van der Waals surface area contributed by atoms with Crippen LogP contribution in [0, 0.1) is 10.1 Å². The smallest absolute Gasteiger partial charge is 0.269 e. The lowest BCUT2D eigenvalue weighted by Gasteiger charge is -2.24. The maximum atomic E-state index is 11.0. The van der Waals surface area contributed by atoms with E-state index in [0.29, 0.717) is 5.69 Å². The molecule has 0 unspecified atom stereocenters. The molecule has 10 nitrogen and oxygen atoms in total. The molecular formula is C12H18N2O8S2. The van der Waals surface area contributed by atoms with Gasteiger partial charge in [-0.15, -0.1) is 0 Å². The second kappa shape index (κ2) is 8.37. The fourth-order valence-corrected chi connectivity index (χ4v) is 2.51. The van der Waals surface area contributed by atoms with E-state index < -0.39 is 25.2 Å². The van der Waals surface area contributed by atoms with Crippen LogP contribution in [-0.4, -0.2) is 60.6 Å². The fourth-order valence-electron chi connectivity index (χ4n) is 1.75. The highest BCUT2D eigenvalue weighted by molar-refractivity contribution is 7.86. The van der Waals surface area contributed by atoms with Crippen LogP contribution in [0.4, 0.5) is 11.4 Å². The van der Waals surface area contributed by atoms with Gasteiger partial charge in [0.2, 0.25) is 0 Å². The van der Waals surface area contributed by atoms with Crippen molar-refractivity contribution in [2.45, 2.75) is 0 Å². The van der Waals surface area contributed by atoms with Crippen molar-refractivity contribution in [3.05, 3.63) is 34.4 Å². The summed E-state index contributed by atoms with van der Waals surface area (Å²) in [6.45, 7) is -0.0700. The van der Waals surface area contributed by atoms with Gasteiger partial charge in [0.1, 0.15) is 0 Å². The number of nitrogens with zero attached hydrogens (tertiary/aromatic N) is 2. The third-order valence-electron chi connectivity index (χ3n) is 2.74. The molecule has 0 aromatic heterocycles. The molecule has 0 spiro atoms. The van der Waals surface area contributed by atoms with Crippen molar-refractivity contribution >= 4 is 31.6 Å². The zero-order chi connectivity index (χ0) is 18.4. The minimum absolute atomic E-state index is 0.0986. The zero-order valence-corrected chi connectivity index (χ0v) is 14.7. The molecule has 0 aliphatic carbocycles. The Hall–Kier alpha value is -1.76. The Labute approximate surface area is 140 Å². The third-order valence-corrected chi connectivity index (χ3v) is 3.93. The van der Waals surface area contributed by atoms with E-state index in [1.807, 2.05) is 0 Å². The van der Waals surface area contributed by atoms with Crippen molar-refractivity contribution in [2.75, 3.05) is 43.7 Å². The SMILES string of the molecule is CS(=O)(=O)OCCN(CCOS(C)(=O)=O)c1ccc([N+](=O)[O-])cc1. The Kier molecular flexibility index (Phi) is 7.08. The van der Waals surface area contributed by atoms with Crippen molar-refractivity contribution in [2.24, 2.45) is 0 Å². The van der Waals surface area contributed by atoms with Crippen LogP contribution in [0.2, 0.25) is 0 Å². The summed E-state index contributed by atoms with van der Waals surface area (Å²) in [7, 11) is -7.21. The molecule has 0 aliphatic heterocycles. The molecule has 0 amide bonds. The topological polar surface area (TPSA) is 133 Å². The minimum atomic E-state index is -3.61. The number of benzene rings is 1. The van der Waals surface area contributed by atoms with Gasteiger partial charge in [0, 0.05) is 30.9 Å². The lowest BCUT2D eigenvalue weighted by Crippen LogP contribution is -2.32. The molecule has 0 saturated heterocycles. The van der Waals surface area contributed by atoms with Gasteiger partial charge in [-0.25, -0.2) is 0 Å². The third kappa shape index (κ3) is 8.19. The van der Waals surface area contributed by atoms with E-state index in [0.717, 1.165) is 12.5 Å². The summed E-state index contributed by atoms with van der Waals surface area (Å²) < 4.78 is 53.3. The predicted octanol–water partition coefficient (Wildman–Crippen LogP) is 0.354. The molecule has 1 aromatic carbocycles. The summed E-state index contributed by atoms with van der Waals surface area (Å²) in [5.41, 5.74) is 0.438. The molecule has 1 aromatic rings. The van der Waals surface area contributed by atoms with Crippen LogP contribution in [0.1, 0.15) is 0 Å². The standard InChI is InChI=1S/C12H18N2O8S2/c1-23(17,18)21-9-7-13(8-10-22-24(2,19)20)11-3-5-12(6-4-11)14(15)16/h3-6H,7-10H2,1-2H3. The molecule has 0 N–H and O–H groups in total. The molecule has 0 bridgehead atoms. The van der Waals surface area contributed by atoms with E-state index in [1.165, 1.54) is 24.3 Å². The van der Waals surface area contributed by atoms with E-state index >= 15 is 0 Å². The second-order valence-electron chi connectivity index (χ2n) is 4.81. The largest absolute Gasteiger partial charge is 0.367 e. The average Bonchev–Trinajstić information content (AvgIpc) is 2.43. The van der Waals surface area contributed by atoms with E-state index in [1.54, 1.807) is 4.90 Å². The number of rotatable bonds is 10. The predicted molar refractivity (Wildman–Crippen MR) is 86.9 cm³/mol. The van der Waals surface area contributed by atoms with Gasteiger partial charge in [-0.05, 0) is 12.1 Å². The maximum Gasteiger partial charge on any atom is 0.269 e. The highest BCUT2D eigenvalue weighted by atomic mass is 32.2. The van der Waals surface area contributed by atoms with E-state index in [-0.39, 0.29) is 32.0 Å². The molecule has 0 aliphatic rings. The Morgan fingerprint density at radius 1 is 0.958 bits per heavy atom. The Morgan fingerprint density at radius 2 is 1.38 bits per heavy atom. The molecule has 0 heterocycles. The van der Waals surface area contributed by atoms with Gasteiger partial charge in [-0.3, -0.25) is 18.5 Å². The first kappa shape index (κ1) is 20.3. The van der Waals surface area contributed by atoms with Gasteiger partial charge in [-0.2, -0.15) is 16.8 Å². The van der Waals surface area contributed by atoms with Gasteiger partial charge < -0.3 is 4.90 Å². The maximum absolute atomic E-state index is 11.0. The van der Waals surface area contributed by atoms with E-state index in [2.05, 4.69) is 8.37 Å². The van der Waals surface area contributed by atoms with Gasteiger partial charge in [0.15, 0.2) is 0 Å². The molecule has 0 fully saturated rings. The fraction of sp³-hybridized carbons (Fsp3) is 0.500. The molecule has 24 heavy (non-hydrogen) atoms. The molecule has 136 valence electrons. The van der Waals surface area contributed by atoms with Crippen molar-refractivity contribution in [1.82, 2.24) is 0 Å². The molecule has 0 saturated carbocycles. The highest BCUT2D eigenvalue weighted by Crippen LogP contribution is 2.19. The van der Waals surface area contributed by atoms with Crippen LogP contribution in [0.3, 0.4) is 0 Å². The quantitative estimate of drug-likeness (QED) is 0.319. The second-order valence-corrected chi connectivity index (χ2v) is 8.10. The average molecular weight is 382 g/mol. The lowest BCUT2D eigenvalue weighted by atomic mass is 10.2. The monoisotopic (exact) mass is 382 g/mol. The van der Waals surface area contributed by atoms with Crippen molar-refractivity contribution in [3.8, 4) is 0 Å². The van der Waals surface area contributed by atoms with Crippen LogP contribution in [-0.2, 0) is 28.6 Å². The number of anilines is 1. The number of nitro benzene ring substituents is 1. The summed E-state index contributed by atoms with van der Waals surface area (Å²) in [6, 6.07) is 5.52. The van der Waals surface area contributed by atoms with Crippen LogP contribution in [0.15, 0.2) is 24.3 Å². The van der Waals surface area contributed by atoms with Gasteiger partial charge >= 0.3 is 0 Å². The van der Waals surface area contributed by atoms with Crippen molar-refractivity contribution in [1.29, 1.82) is 0 Å². The first-order valence-corrected chi connectivity index (χ1v) is 10.3. The van der Waals surface area contributed by atoms with Crippen molar-refractivity contribution < 1.29 is 30.1 Å². The molecule has 1 rings (SSSR count). The number of hydrogen-bond acceptors (Lipinski definition) is 9. The van der Waals surface area contributed by atoms with Crippen LogP contribution >= 0.6 is 0 Å². The van der Waals surface area contributed by atoms with E-state index in [9.17, 15) is 26.9 Å². The van der Waals surface area contributed by atoms with Gasteiger partial charge in [-0.1, -0.05) is 0 Å². The first-order valence-electron chi connectivity index (χ1n) is 6.66. The summed E-state index contributed by atoms with van der Waals surface area (Å²) in [5, 5.41) is 10.7.